The zero-order chi connectivity index (χ0) is 14.6. The average Bonchev–Trinajstić information content (AvgIpc) is 2.49. The molecule has 0 radical (unpaired) electrons. The molecule has 112 valence electrons. The highest BCUT2D eigenvalue weighted by Gasteiger charge is 2.35. The third kappa shape index (κ3) is 3.22. The van der Waals surface area contributed by atoms with Crippen molar-refractivity contribution < 1.29 is 13.9 Å². The van der Waals surface area contributed by atoms with Gasteiger partial charge in [-0.25, -0.2) is 4.39 Å². The van der Waals surface area contributed by atoms with Crippen LogP contribution in [0.25, 0.3) is 0 Å². The van der Waals surface area contributed by atoms with Gasteiger partial charge in [-0.2, -0.15) is 0 Å². The SMILES string of the molecule is COc1cc(NC2(CN)CCCC(OC)C2)ccc1F. The molecular weight excluding hydrogens is 259 g/mol. The Morgan fingerprint density at radius 2 is 2.25 bits per heavy atom. The summed E-state index contributed by atoms with van der Waals surface area (Å²) in [4.78, 5) is 0. The van der Waals surface area contributed by atoms with Crippen LogP contribution in [0, 0.1) is 5.82 Å². The molecule has 0 aliphatic heterocycles. The van der Waals surface area contributed by atoms with E-state index in [0.29, 0.717) is 6.54 Å². The van der Waals surface area contributed by atoms with Crippen molar-refractivity contribution in [2.24, 2.45) is 5.73 Å². The van der Waals surface area contributed by atoms with E-state index in [2.05, 4.69) is 5.32 Å². The highest BCUT2D eigenvalue weighted by Crippen LogP contribution is 2.33. The molecule has 0 spiro atoms. The normalized spacial score (nSPS) is 26.3. The van der Waals surface area contributed by atoms with Crippen LogP contribution < -0.4 is 15.8 Å². The van der Waals surface area contributed by atoms with E-state index in [1.54, 1.807) is 19.2 Å². The Bertz CT molecular complexity index is 455. The van der Waals surface area contributed by atoms with Gasteiger partial charge >= 0.3 is 0 Å². The Morgan fingerprint density at radius 1 is 1.45 bits per heavy atom. The highest BCUT2D eigenvalue weighted by atomic mass is 19.1. The van der Waals surface area contributed by atoms with E-state index in [4.69, 9.17) is 15.2 Å². The third-order valence-electron chi connectivity index (χ3n) is 4.08. The van der Waals surface area contributed by atoms with Crippen LogP contribution in [0.5, 0.6) is 5.75 Å². The van der Waals surface area contributed by atoms with Gasteiger partial charge in [-0.1, -0.05) is 0 Å². The molecule has 0 saturated heterocycles. The first-order valence-corrected chi connectivity index (χ1v) is 6.97. The lowest BCUT2D eigenvalue weighted by atomic mass is 9.80. The van der Waals surface area contributed by atoms with Crippen LogP contribution in [-0.4, -0.2) is 32.4 Å². The molecule has 4 nitrogen and oxygen atoms in total. The molecule has 1 aromatic carbocycles. The van der Waals surface area contributed by atoms with Gasteiger partial charge in [0.15, 0.2) is 11.6 Å². The van der Waals surface area contributed by atoms with Gasteiger partial charge in [-0.3, -0.25) is 0 Å². The number of halogens is 1. The monoisotopic (exact) mass is 282 g/mol. The maximum atomic E-state index is 13.4. The average molecular weight is 282 g/mol. The van der Waals surface area contributed by atoms with Crippen molar-refractivity contribution in [1.29, 1.82) is 0 Å². The van der Waals surface area contributed by atoms with E-state index in [1.807, 2.05) is 0 Å². The molecule has 2 atom stereocenters. The van der Waals surface area contributed by atoms with Crippen molar-refractivity contribution >= 4 is 5.69 Å². The Balaban J connectivity index is 2.17. The second-order valence-corrected chi connectivity index (χ2v) is 5.41. The summed E-state index contributed by atoms with van der Waals surface area (Å²) in [5, 5.41) is 3.46. The standard InChI is InChI=1S/C15H23FN2O2/c1-19-12-4-3-7-15(9-12,10-17)18-11-5-6-13(16)14(8-11)20-2/h5-6,8,12,18H,3-4,7,9-10,17H2,1-2H3. The Labute approximate surface area is 119 Å². The Morgan fingerprint density at radius 3 is 2.90 bits per heavy atom. The number of benzene rings is 1. The second-order valence-electron chi connectivity index (χ2n) is 5.41. The molecule has 2 unspecified atom stereocenters. The Hall–Kier alpha value is -1.33. The number of hydrogen-bond acceptors (Lipinski definition) is 4. The number of methoxy groups -OCH3 is 2. The lowest BCUT2D eigenvalue weighted by Gasteiger charge is -2.41. The minimum Gasteiger partial charge on any atom is -0.494 e. The van der Waals surface area contributed by atoms with Crippen LogP contribution >= 0.6 is 0 Å². The van der Waals surface area contributed by atoms with Crippen molar-refractivity contribution in [2.45, 2.75) is 37.3 Å². The molecule has 1 aromatic rings. The van der Waals surface area contributed by atoms with E-state index >= 15 is 0 Å². The molecule has 0 amide bonds. The maximum absolute atomic E-state index is 13.4. The predicted octanol–water partition coefficient (Wildman–Crippen LogP) is 2.53. The summed E-state index contributed by atoms with van der Waals surface area (Å²) in [7, 11) is 3.20. The van der Waals surface area contributed by atoms with E-state index in [9.17, 15) is 4.39 Å². The van der Waals surface area contributed by atoms with Crippen LogP contribution in [0.15, 0.2) is 18.2 Å². The van der Waals surface area contributed by atoms with Gasteiger partial charge < -0.3 is 20.5 Å². The van der Waals surface area contributed by atoms with Gasteiger partial charge in [0.25, 0.3) is 0 Å². The molecule has 0 bridgehead atoms. The third-order valence-corrected chi connectivity index (χ3v) is 4.08. The van der Waals surface area contributed by atoms with Crippen LogP contribution in [0.4, 0.5) is 10.1 Å². The number of nitrogens with one attached hydrogen (secondary N) is 1. The lowest BCUT2D eigenvalue weighted by molar-refractivity contribution is 0.0483. The fourth-order valence-corrected chi connectivity index (χ4v) is 2.90. The molecule has 1 aliphatic carbocycles. The Kier molecular flexibility index (Phi) is 4.83. The summed E-state index contributed by atoms with van der Waals surface area (Å²) in [6, 6.07) is 4.79. The topological polar surface area (TPSA) is 56.5 Å². The number of ether oxygens (including phenoxy) is 2. The molecule has 1 aliphatic rings. The minimum atomic E-state index is -0.363. The van der Waals surface area contributed by atoms with Crippen molar-refractivity contribution in [3.05, 3.63) is 24.0 Å². The fourth-order valence-electron chi connectivity index (χ4n) is 2.90. The molecule has 0 aromatic heterocycles. The first-order chi connectivity index (χ1) is 9.62. The van der Waals surface area contributed by atoms with Crippen molar-refractivity contribution in [3.63, 3.8) is 0 Å². The largest absolute Gasteiger partial charge is 0.494 e. The lowest BCUT2D eigenvalue weighted by Crippen LogP contribution is -2.50. The van der Waals surface area contributed by atoms with Crippen molar-refractivity contribution in [3.8, 4) is 5.75 Å². The maximum Gasteiger partial charge on any atom is 0.165 e. The van der Waals surface area contributed by atoms with Crippen molar-refractivity contribution in [2.75, 3.05) is 26.1 Å². The summed E-state index contributed by atoms with van der Waals surface area (Å²) in [5.74, 6) is -0.125. The molecule has 3 N–H and O–H groups in total. The van der Waals surface area contributed by atoms with Gasteiger partial charge in [0.1, 0.15) is 0 Å². The first-order valence-electron chi connectivity index (χ1n) is 6.97. The summed E-state index contributed by atoms with van der Waals surface area (Å²) >= 11 is 0. The summed E-state index contributed by atoms with van der Waals surface area (Å²) < 4.78 is 23.9. The fraction of sp³-hybridized carbons (Fsp3) is 0.600. The minimum absolute atomic E-state index is 0.193. The molecule has 1 fully saturated rings. The van der Waals surface area contributed by atoms with E-state index in [-0.39, 0.29) is 23.2 Å². The van der Waals surface area contributed by atoms with Gasteiger partial charge in [0.05, 0.1) is 18.8 Å². The number of rotatable bonds is 5. The molecular formula is C15H23FN2O2. The molecule has 0 heterocycles. The highest BCUT2D eigenvalue weighted by molar-refractivity contribution is 5.51. The number of nitrogens with two attached hydrogens (primary N) is 1. The number of hydrogen-bond donors (Lipinski definition) is 2. The van der Waals surface area contributed by atoms with E-state index in [1.165, 1.54) is 13.2 Å². The molecule has 1 saturated carbocycles. The zero-order valence-electron chi connectivity index (χ0n) is 12.1. The predicted molar refractivity (Wildman–Crippen MR) is 77.6 cm³/mol. The number of anilines is 1. The van der Waals surface area contributed by atoms with Gasteiger partial charge in [0, 0.05) is 25.4 Å². The molecule has 5 heteroatoms. The van der Waals surface area contributed by atoms with Gasteiger partial charge in [-0.05, 0) is 37.8 Å². The van der Waals surface area contributed by atoms with Crippen LogP contribution in [-0.2, 0) is 4.74 Å². The first kappa shape index (κ1) is 15.1. The van der Waals surface area contributed by atoms with E-state index < -0.39 is 0 Å². The van der Waals surface area contributed by atoms with Gasteiger partial charge in [0.2, 0.25) is 0 Å². The smallest absolute Gasteiger partial charge is 0.165 e. The van der Waals surface area contributed by atoms with Crippen LogP contribution in [0.1, 0.15) is 25.7 Å². The van der Waals surface area contributed by atoms with E-state index in [0.717, 1.165) is 31.4 Å². The summed E-state index contributed by atoms with van der Waals surface area (Å²) in [6.07, 6.45) is 4.21. The van der Waals surface area contributed by atoms with Crippen LogP contribution in [0.3, 0.4) is 0 Å². The summed E-state index contributed by atoms with van der Waals surface area (Å²) in [5.41, 5.74) is 6.61. The quantitative estimate of drug-likeness (QED) is 0.871. The van der Waals surface area contributed by atoms with Gasteiger partial charge in [-0.15, -0.1) is 0 Å². The zero-order valence-corrected chi connectivity index (χ0v) is 12.1. The molecule has 2 rings (SSSR count). The summed E-state index contributed by atoms with van der Waals surface area (Å²) in [6.45, 7) is 0.520. The van der Waals surface area contributed by atoms with Crippen LogP contribution in [0.2, 0.25) is 0 Å². The molecule has 20 heavy (non-hydrogen) atoms. The van der Waals surface area contributed by atoms with Crippen molar-refractivity contribution in [1.82, 2.24) is 0 Å². The second kappa shape index (κ2) is 6.41.